The van der Waals surface area contributed by atoms with Crippen molar-refractivity contribution in [3.63, 3.8) is 0 Å². The highest BCUT2D eigenvalue weighted by Gasteiger charge is 2.49. The lowest BCUT2D eigenvalue weighted by Crippen LogP contribution is -2.45. The Kier molecular flexibility index (Phi) is 2.74. The number of nitrogens with two attached hydrogens (primary N) is 1. The highest BCUT2D eigenvalue weighted by molar-refractivity contribution is 5.93. The first-order valence-corrected chi connectivity index (χ1v) is 6.74. The average molecular weight is 260 g/mol. The lowest BCUT2D eigenvalue weighted by atomic mass is 9.85. The van der Waals surface area contributed by atoms with Crippen LogP contribution in [0.2, 0.25) is 0 Å². The predicted octanol–water partition coefficient (Wildman–Crippen LogP) is 0.615. The van der Waals surface area contributed by atoms with Crippen molar-refractivity contribution in [1.29, 1.82) is 0 Å². The number of hydrogen-bond acceptors (Lipinski definition) is 4. The van der Waals surface area contributed by atoms with E-state index in [1.54, 1.807) is 18.3 Å². The summed E-state index contributed by atoms with van der Waals surface area (Å²) in [6.45, 7) is 7.62. The first kappa shape index (κ1) is 12.4. The number of anilines is 1. The van der Waals surface area contributed by atoms with Crippen LogP contribution >= 0.6 is 0 Å². The van der Waals surface area contributed by atoms with Crippen molar-refractivity contribution >= 4 is 11.7 Å². The van der Waals surface area contributed by atoms with Crippen LogP contribution in [-0.2, 0) is 0 Å². The molecule has 0 bridgehead atoms. The summed E-state index contributed by atoms with van der Waals surface area (Å²) in [5.74, 6) is 1.75. The van der Waals surface area contributed by atoms with Crippen LogP contribution in [0.4, 0.5) is 5.82 Å². The lowest BCUT2D eigenvalue weighted by Gasteiger charge is -2.36. The molecule has 5 nitrogen and oxygen atoms in total. The Labute approximate surface area is 113 Å². The van der Waals surface area contributed by atoms with E-state index < -0.39 is 5.91 Å². The molecule has 2 saturated heterocycles. The summed E-state index contributed by atoms with van der Waals surface area (Å²) in [7, 11) is 0. The third kappa shape index (κ3) is 1.89. The Morgan fingerprint density at radius 1 is 1.53 bits per heavy atom. The molecule has 1 aromatic heterocycles. The van der Waals surface area contributed by atoms with E-state index in [2.05, 4.69) is 29.0 Å². The smallest absolute Gasteiger partial charge is 0.248 e. The van der Waals surface area contributed by atoms with E-state index in [4.69, 9.17) is 5.73 Å². The Balaban J connectivity index is 1.94. The van der Waals surface area contributed by atoms with Gasteiger partial charge in [0.1, 0.15) is 5.82 Å². The predicted molar refractivity (Wildman–Crippen MR) is 74.0 cm³/mol. The fraction of sp³-hybridized carbons (Fsp3) is 0.571. The van der Waals surface area contributed by atoms with Crippen molar-refractivity contribution in [2.75, 3.05) is 24.5 Å². The number of primary amides is 1. The van der Waals surface area contributed by atoms with Crippen LogP contribution in [0.1, 0.15) is 24.2 Å². The fourth-order valence-electron chi connectivity index (χ4n) is 3.53. The molecule has 5 heteroatoms. The molecule has 2 fully saturated rings. The van der Waals surface area contributed by atoms with Crippen LogP contribution in [0, 0.1) is 11.8 Å². The third-order valence-corrected chi connectivity index (χ3v) is 4.67. The van der Waals surface area contributed by atoms with Crippen molar-refractivity contribution in [2.45, 2.75) is 19.4 Å². The van der Waals surface area contributed by atoms with E-state index in [-0.39, 0.29) is 5.54 Å². The molecule has 2 unspecified atom stereocenters. The molecule has 3 rings (SSSR count). The number of aromatic nitrogens is 1. The van der Waals surface area contributed by atoms with E-state index in [0.29, 0.717) is 17.4 Å². The minimum Gasteiger partial charge on any atom is -0.366 e. The van der Waals surface area contributed by atoms with Crippen LogP contribution in [0.5, 0.6) is 0 Å². The standard InChI is InChI=1S/C14H20N4O/c1-14(2)11-7-16-6-10(11)8-18(14)12-5-9(13(15)19)3-4-17-12/h3-5,10-11,16H,6-8H2,1-2H3,(H2,15,19). The quantitative estimate of drug-likeness (QED) is 0.817. The van der Waals surface area contributed by atoms with Gasteiger partial charge in [-0.3, -0.25) is 4.79 Å². The largest absolute Gasteiger partial charge is 0.366 e. The summed E-state index contributed by atoms with van der Waals surface area (Å²) < 4.78 is 0. The van der Waals surface area contributed by atoms with Crippen molar-refractivity contribution < 1.29 is 4.79 Å². The number of pyridine rings is 1. The Bertz CT molecular complexity index is 514. The molecule has 2 aliphatic heterocycles. The molecule has 1 amide bonds. The van der Waals surface area contributed by atoms with Gasteiger partial charge in [0.25, 0.3) is 0 Å². The zero-order valence-electron chi connectivity index (χ0n) is 11.4. The molecular formula is C14H20N4O. The number of nitrogens with one attached hydrogen (secondary N) is 1. The summed E-state index contributed by atoms with van der Waals surface area (Å²) in [5, 5.41) is 3.46. The van der Waals surface area contributed by atoms with Gasteiger partial charge in [-0.05, 0) is 37.8 Å². The number of hydrogen-bond donors (Lipinski definition) is 2. The maximum Gasteiger partial charge on any atom is 0.248 e. The highest BCUT2D eigenvalue weighted by atomic mass is 16.1. The number of amides is 1. The molecular weight excluding hydrogens is 240 g/mol. The van der Waals surface area contributed by atoms with Gasteiger partial charge in [-0.1, -0.05) is 0 Å². The van der Waals surface area contributed by atoms with Gasteiger partial charge in [0.05, 0.1) is 0 Å². The monoisotopic (exact) mass is 260 g/mol. The zero-order chi connectivity index (χ0) is 13.6. The van der Waals surface area contributed by atoms with Gasteiger partial charge in [0, 0.05) is 36.9 Å². The van der Waals surface area contributed by atoms with Crippen LogP contribution in [0.15, 0.2) is 18.3 Å². The van der Waals surface area contributed by atoms with Crippen molar-refractivity contribution in [3.05, 3.63) is 23.9 Å². The van der Waals surface area contributed by atoms with Crippen molar-refractivity contribution in [3.8, 4) is 0 Å². The molecule has 2 atom stereocenters. The van der Waals surface area contributed by atoms with E-state index in [1.165, 1.54) is 0 Å². The number of carbonyl (C=O) groups is 1. The van der Waals surface area contributed by atoms with Gasteiger partial charge in [0.15, 0.2) is 0 Å². The summed E-state index contributed by atoms with van der Waals surface area (Å²) in [5.41, 5.74) is 5.92. The van der Waals surface area contributed by atoms with Crippen LogP contribution in [0.3, 0.4) is 0 Å². The second-order valence-corrected chi connectivity index (χ2v) is 6.06. The second kappa shape index (κ2) is 4.20. The molecule has 0 spiro atoms. The van der Waals surface area contributed by atoms with Gasteiger partial charge in [-0.25, -0.2) is 4.98 Å². The van der Waals surface area contributed by atoms with Gasteiger partial charge in [-0.2, -0.15) is 0 Å². The molecule has 2 aliphatic rings. The van der Waals surface area contributed by atoms with Crippen molar-refractivity contribution in [2.24, 2.45) is 17.6 Å². The summed E-state index contributed by atoms with van der Waals surface area (Å²) in [6, 6.07) is 3.47. The Hall–Kier alpha value is -1.62. The normalized spacial score (nSPS) is 28.4. The molecule has 1 aromatic rings. The van der Waals surface area contributed by atoms with Crippen LogP contribution < -0.4 is 16.0 Å². The average Bonchev–Trinajstić information content (AvgIpc) is 2.92. The number of rotatable bonds is 2. The first-order chi connectivity index (χ1) is 9.00. The van der Waals surface area contributed by atoms with Crippen LogP contribution in [0.25, 0.3) is 0 Å². The zero-order valence-corrected chi connectivity index (χ0v) is 11.4. The highest BCUT2D eigenvalue weighted by Crippen LogP contribution is 2.42. The number of carbonyl (C=O) groups excluding carboxylic acids is 1. The van der Waals surface area contributed by atoms with E-state index in [9.17, 15) is 4.79 Å². The number of fused-ring (bicyclic) bond motifs is 1. The summed E-state index contributed by atoms with van der Waals surface area (Å²) >= 11 is 0. The molecule has 0 aromatic carbocycles. The SMILES string of the molecule is CC1(C)C2CNCC2CN1c1cc(C(N)=O)ccn1. The molecule has 3 N–H and O–H groups in total. The minimum absolute atomic E-state index is 0.0530. The molecule has 102 valence electrons. The van der Waals surface area contributed by atoms with Gasteiger partial charge >= 0.3 is 0 Å². The summed E-state index contributed by atoms with van der Waals surface area (Å²) in [6.07, 6.45) is 1.66. The molecule has 0 saturated carbocycles. The Morgan fingerprint density at radius 2 is 2.32 bits per heavy atom. The topological polar surface area (TPSA) is 71.2 Å². The van der Waals surface area contributed by atoms with Gasteiger partial charge in [-0.15, -0.1) is 0 Å². The third-order valence-electron chi connectivity index (χ3n) is 4.67. The fourth-order valence-corrected chi connectivity index (χ4v) is 3.53. The van der Waals surface area contributed by atoms with Gasteiger partial charge < -0.3 is 16.0 Å². The number of nitrogens with zero attached hydrogens (tertiary/aromatic N) is 2. The lowest BCUT2D eigenvalue weighted by molar-refractivity contribution is 0.1000. The maximum absolute atomic E-state index is 11.3. The van der Waals surface area contributed by atoms with Crippen molar-refractivity contribution in [1.82, 2.24) is 10.3 Å². The molecule has 0 aliphatic carbocycles. The van der Waals surface area contributed by atoms with E-state index >= 15 is 0 Å². The minimum atomic E-state index is -0.400. The maximum atomic E-state index is 11.3. The Morgan fingerprint density at radius 3 is 3.00 bits per heavy atom. The van der Waals surface area contributed by atoms with E-state index in [1.807, 2.05) is 0 Å². The summed E-state index contributed by atoms with van der Waals surface area (Å²) in [4.78, 5) is 18.0. The van der Waals surface area contributed by atoms with E-state index in [0.717, 1.165) is 25.5 Å². The first-order valence-electron chi connectivity index (χ1n) is 6.74. The molecule has 3 heterocycles. The molecule has 19 heavy (non-hydrogen) atoms. The molecule has 0 radical (unpaired) electrons. The van der Waals surface area contributed by atoms with Crippen LogP contribution in [-0.4, -0.2) is 36.1 Å². The second-order valence-electron chi connectivity index (χ2n) is 6.06. The van der Waals surface area contributed by atoms with Gasteiger partial charge in [0.2, 0.25) is 5.91 Å².